The van der Waals surface area contributed by atoms with Crippen LogP contribution < -0.4 is 5.32 Å². The quantitative estimate of drug-likeness (QED) is 0.527. The highest BCUT2D eigenvalue weighted by Crippen LogP contribution is 2.36. The summed E-state index contributed by atoms with van der Waals surface area (Å²) in [6.07, 6.45) is -4.23. The molecule has 0 radical (unpaired) electrons. The first-order chi connectivity index (χ1) is 14.2. The van der Waals surface area contributed by atoms with Crippen molar-refractivity contribution in [2.24, 2.45) is 5.16 Å². The number of aliphatic hydroxyl groups excluding tert-OH is 1. The van der Waals surface area contributed by atoms with Crippen molar-refractivity contribution in [1.29, 1.82) is 0 Å². The number of carbonyl (C=O) groups is 1. The molecule has 9 heteroatoms. The Morgan fingerprint density at radius 3 is 2.30 bits per heavy atom. The number of nitrogens with one attached hydrogen (secondary N) is 1. The molecular formula is C21H18F4N2O3. The Bertz CT molecular complexity index is 981. The average Bonchev–Trinajstić information content (AvgIpc) is 2.69. The summed E-state index contributed by atoms with van der Waals surface area (Å²) in [5.41, 5.74) is 0.196. The number of nitrogens with zero attached hydrogens (tertiary/aromatic N) is 1. The van der Waals surface area contributed by atoms with Gasteiger partial charge in [0.2, 0.25) is 0 Å². The molecule has 1 atom stereocenters. The maximum atomic E-state index is 13.0. The molecule has 0 saturated carbocycles. The molecule has 3 rings (SSSR count). The number of carbonyl (C=O) groups excluding carboxylic acids is 1. The van der Waals surface area contributed by atoms with Crippen molar-refractivity contribution in [2.45, 2.75) is 24.9 Å². The molecule has 0 heterocycles. The lowest BCUT2D eigenvalue weighted by Crippen LogP contribution is -2.28. The van der Waals surface area contributed by atoms with Crippen molar-refractivity contribution in [3.05, 3.63) is 76.8 Å². The SMILES string of the molecule is CON=C1CC(c2ccc(C(F)(F)F)cc2)CC(O)=C1C(=O)Nc1ccc(F)cc1. The van der Waals surface area contributed by atoms with Crippen LogP contribution in [0.2, 0.25) is 0 Å². The van der Waals surface area contributed by atoms with Crippen LogP contribution in [0.3, 0.4) is 0 Å². The van der Waals surface area contributed by atoms with E-state index in [0.717, 1.165) is 12.1 Å². The molecule has 2 N–H and O–H groups in total. The van der Waals surface area contributed by atoms with Crippen molar-refractivity contribution >= 4 is 17.3 Å². The van der Waals surface area contributed by atoms with E-state index in [4.69, 9.17) is 4.84 Å². The molecule has 2 aromatic rings. The molecule has 0 aromatic heterocycles. The molecule has 1 aliphatic carbocycles. The highest BCUT2D eigenvalue weighted by Gasteiger charge is 2.33. The summed E-state index contributed by atoms with van der Waals surface area (Å²) in [6, 6.07) is 9.71. The zero-order valence-corrected chi connectivity index (χ0v) is 15.8. The number of alkyl halides is 3. The topological polar surface area (TPSA) is 70.9 Å². The van der Waals surface area contributed by atoms with Crippen molar-refractivity contribution in [1.82, 2.24) is 0 Å². The van der Waals surface area contributed by atoms with Crippen LogP contribution in [-0.2, 0) is 15.8 Å². The normalized spacial score (nSPS) is 18.4. The van der Waals surface area contributed by atoms with E-state index in [1.165, 1.54) is 43.5 Å². The van der Waals surface area contributed by atoms with Gasteiger partial charge in [0, 0.05) is 18.5 Å². The standard InChI is InChI=1S/C21H18F4N2O3/c1-30-27-17-10-13(12-2-4-14(5-3-12)21(23,24)25)11-18(28)19(17)20(29)26-16-8-6-15(22)7-9-16/h2-9,13,28H,10-11H2,1H3,(H,26,29). The first-order valence-corrected chi connectivity index (χ1v) is 8.95. The van der Waals surface area contributed by atoms with E-state index >= 15 is 0 Å². The van der Waals surface area contributed by atoms with Crippen LogP contribution in [0.1, 0.15) is 29.9 Å². The Morgan fingerprint density at radius 1 is 1.10 bits per heavy atom. The third-order valence-electron chi connectivity index (χ3n) is 4.70. The van der Waals surface area contributed by atoms with E-state index in [2.05, 4.69) is 10.5 Å². The third kappa shape index (κ3) is 4.79. The minimum Gasteiger partial charge on any atom is -0.511 e. The van der Waals surface area contributed by atoms with Crippen LogP contribution in [0.15, 0.2) is 65.0 Å². The molecule has 0 fully saturated rings. The molecule has 0 bridgehead atoms. The summed E-state index contributed by atoms with van der Waals surface area (Å²) in [4.78, 5) is 17.5. The zero-order valence-electron chi connectivity index (χ0n) is 15.8. The largest absolute Gasteiger partial charge is 0.511 e. The average molecular weight is 422 g/mol. The molecule has 1 aliphatic rings. The molecule has 30 heavy (non-hydrogen) atoms. The Labute approximate surface area is 169 Å². The number of aliphatic hydroxyl groups is 1. The molecule has 1 unspecified atom stereocenters. The molecule has 1 amide bonds. The Kier molecular flexibility index (Phi) is 6.09. The Hall–Kier alpha value is -3.36. The summed E-state index contributed by atoms with van der Waals surface area (Å²) >= 11 is 0. The fourth-order valence-electron chi connectivity index (χ4n) is 3.27. The van der Waals surface area contributed by atoms with Crippen LogP contribution in [0.5, 0.6) is 0 Å². The van der Waals surface area contributed by atoms with E-state index in [-0.39, 0.29) is 35.8 Å². The van der Waals surface area contributed by atoms with Gasteiger partial charge in [-0.25, -0.2) is 4.39 Å². The second kappa shape index (κ2) is 8.56. The smallest absolute Gasteiger partial charge is 0.416 e. The summed E-state index contributed by atoms with van der Waals surface area (Å²) in [5.74, 6) is -1.76. The van der Waals surface area contributed by atoms with Crippen molar-refractivity contribution in [3.63, 3.8) is 0 Å². The fraction of sp³-hybridized carbons (Fsp3) is 0.238. The van der Waals surface area contributed by atoms with Gasteiger partial charge < -0.3 is 15.3 Å². The zero-order chi connectivity index (χ0) is 21.9. The number of amides is 1. The Morgan fingerprint density at radius 2 is 1.73 bits per heavy atom. The molecular weight excluding hydrogens is 404 g/mol. The van der Waals surface area contributed by atoms with Crippen LogP contribution in [0.25, 0.3) is 0 Å². The lowest BCUT2D eigenvalue weighted by atomic mass is 9.81. The summed E-state index contributed by atoms with van der Waals surface area (Å²) in [5, 5.41) is 16.9. The number of rotatable bonds is 4. The van der Waals surface area contributed by atoms with Crippen LogP contribution in [-0.4, -0.2) is 23.8 Å². The highest BCUT2D eigenvalue weighted by molar-refractivity contribution is 6.26. The van der Waals surface area contributed by atoms with Gasteiger partial charge in [-0.05, 0) is 47.9 Å². The molecule has 158 valence electrons. The van der Waals surface area contributed by atoms with Gasteiger partial charge in [-0.1, -0.05) is 17.3 Å². The van der Waals surface area contributed by atoms with Crippen molar-refractivity contribution < 1.29 is 32.3 Å². The first kappa shape index (κ1) is 21.4. The number of hydrogen-bond donors (Lipinski definition) is 2. The van der Waals surface area contributed by atoms with Gasteiger partial charge in [-0.2, -0.15) is 13.2 Å². The van der Waals surface area contributed by atoms with E-state index < -0.39 is 23.5 Å². The molecule has 2 aromatic carbocycles. The van der Waals surface area contributed by atoms with Gasteiger partial charge in [0.05, 0.1) is 11.3 Å². The van der Waals surface area contributed by atoms with Crippen molar-refractivity contribution in [3.8, 4) is 0 Å². The predicted octanol–water partition coefficient (Wildman–Crippen LogP) is 5.18. The van der Waals surface area contributed by atoms with Crippen molar-refractivity contribution in [2.75, 3.05) is 12.4 Å². The van der Waals surface area contributed by atoms with Crippen LogP contribution >= 0.6 is 0 Å². The predicted molar refractivity (Wildman–Crippen MR) is 103 cm³/mol. The number of oxime groups is 1. The van der Waals surface area contributed by atoms with E-state index in [9.17, 15) is 27.5 Å². The number of anilines is 1. The van der Waals surface area contributed by atoms with E-state index in [1.54, 1.807) is 0 Å². The summed E-state index contributed by atoms with van der Waals surface area (Å²) in [6.45, 7) is 0. The van der Waals surface area contributed by atoms with E-state index in [0.29, 0.717) is 11.3 Å². The number of benzene rings is 2. The number of allylic oxidation sites excluding steroid dienone is 1. The van der Waals surface area contributed by atoms with Gasteiger partial charge in [-0.3, -0.25) is 4.79 Å². The monoisotopic (exact) mass is 422 g/mol. The second-order valence-electron chi connectivity index (χ2n) is 6.73. The molecule has 5 nitrogen and oxygen atoms in total. The molecule has 0 saturated heterocycles. The first-order valence-electron chi connectivity index (χ1n) is 8.95. The second-order valence-corrected chi connectivity index (χ2v) is 6.73. The number of halogens is 4. The lowest BCUT2D eigenvalue weighted by Gasteiger charge is -2.25. The summed E-state index contributed by atoms with van der Waals surface area (Å²) in [7, 11) is 1.28. The van der Waals surface area contributed by atoms with Gasteiger partial charge in [-0.15, -0.1) is 0 Å². The highest BCUT2D eigenvalue weighted by atomic mass is 19.4. The minimum atomic E-state index is -4.44. The maximum Gasteiger partial charge on any atom is 0.416 e. The van der Waals surface area contributed by atoms with Gasteiger partial charge >= 0.3 is 6.18 Å². The minimum absolute atomic E-state index is 0.0419. The third-order valence-corrected chi connectivity index (χ3v) is 4.70. The Balaban J connectivity index is 1.85. The van der Waals surface area contributed by atoms with Crippen LogP contribution in [0.4, 0.5) is 23.2 Å². The number of hydrogen-bond acceptors (Lipinski definition) is 4. The maximum absolute atomic E-state index is 13.0. The molecule has 0 aliphatic heterocycles. The van der Waals surface area contributed by atoms with Gasteiger partial charge in [0.1, 0.15) is 24.3 Å². The van der Waals surface area contributed by atoms with Gasteiger partial charge in [0.25, 0.3) is 5.91 Å². The molecule has 0 spiro atoms. The van der Waals surface area contributed by atoms with Gasteiger partial charge in [0.15, 0.2) is 0 Å². The van der Waals surface area contributed by atoms with E-state index in [1.807, 2.05) is 0 Å². The van der Waals surface area contributed by atoms with Crippen LogP contribution in [0, 0.1) is 5.82 Å². The lowest BCUT2D eigenvalue weighted by molar-refractivity contribution is -0.137. The fourth-order valence-corrected chi connectivity index (χ4v) is 3.27. The summed E-state index contributed by atoms with van der Waals surface area (Å²) < 4.78 is 51.4.